The van der Waals surface area contributed by atoms with Gasteiger partial charge in [0.25, 0.3) is 0 Å². The van der Waals surface area contributed by atoms with Crippen molar-refractivity contribution in [1.29, 1.82) is 0 Å². The molecule has 13 heavy (non-hydrogen) atoms. The van der Waals surface area contributed by atoms with E-state index in [2.05, 4.69) is 20.9 Å². The van der Waals surface area contributed by atoms with Crippen molar-refractivity contribution >= 4 is 26.7 Å². The predicted molar refractivity (Wildman–Crippen MR) is 55.4 cm³/mol. The normalized spacial score (nSPS) is 10.6. The summed E-state index contributed by atoms with van der Waals surface area (Å²) >= 11 is 3.31. The van der Waals surface area contributed by atoms with Crippen molar-refractivity contribution < 1.29 is 5.11 Å². The lowest BCUT2D eigenvalue weighted by Gasteiger charge is -2.04. The van der Waals surface area contributed by atoms with Crippen LogP contribution in [0.1, 0.15) is 5.56 Å². The second-order valence-electron chi connectivity index (χ2n) is 2.77. The van der Waals surface area contributed by atoms with E-state index < -0.39 is 0 Å². The van der Waals surface area contributed by atoms with Gasteiger partial charge in [0.2, 0.25) is 0 Å². The van der Waals surface area contributed by atoms with Gasteiger partial charge in [-0.3, -0.25) is 0 Å². The lowest BCUT2D eigenvalue weighted by atomic mass is 10.1. The maximum absolute atomic E-state index is 9.15. The number of hydrogen-bond donors (Lipinski definition) is 1. The van der Waals surface area contributed by atoms with E-state index in [9.17, 15) is 0 Å². The van der Waals surface area contributed by atoms with Crippen LogP contribution in [0.15, 0.2) is 35.1 Å². The number of aromatic nitrogens is 1. The van der Waals surface area contributed by atoms with Crippen LogP contribution in [0.2, 0.25) is 0 Å². The van der Waals surface area contributed by atoms with Gasteiger partial charge in [-0.15, -0.1) is 0 Å². The Labute approximate surface area is 84.4 Å². The van der Waals surface area contributed by atoms with Gasteiger partial charge in [0, 0.05) is 17.1 Å². The second-order valence-corrected chi connectivity index (χ2v) is 3.52. The standard InChI is InChI=1S/C10H8BrNO/c11-10-9(6-13)8-4-2-1-3-7(8)5-12-10/h1-5,13H,6H2. The molecule has 0 atom stereocenters. The van der Waals surface area contributed by atoms with E-state index in [1.807, 2.05) is 24.3 Å². The highest BCUT2D eigenvalue weighted by Crippen LogP contribution is 2.23. The van der Waals surface area contributed by atoms with E-state index >= 15 is 0 Å². The first-order chi connectivity index (χ1) is 6.33. The molecule has 2 aromatic rings. The third-order valence-electron chi connectivity index (χ3n) is 2.01. The van der Waals surface area contributed by atoms with Crippen LogP contribution in [0, 0.1) is 0 Å². The topological polar surface area (TPSA) is 33.1 Å². The molecule has 1 heterocycles. The number of aliphatic hydroxyl groups excluding tert-OH is 1. The van der Waals surface area contributed by atoms with Crippen LogP contribution in [0.5, 0.6) is 0 Å². The zero-order chi connectivity index (χ0) is 9.26. The number of fused-ring (bicyclic) bond motifs is 1. The molecule has 1 N–H and O–H groups in total. The van der Waals surface area contributed by atoms with Crippen LogP contribution in [0.25, 0.3) is 10.8 Å². The van der Waals surface area contributed by atoms with Gasteiger partial charge in [0.15, 0.2) is 0 Å². The number of aliphatic hydroxyl groups is 1. The molecule has 0 aliphatic carbocycles. The molecule has 0 bridgehead atoms. The van der Waals surface area contributed by atoms with Gasteiger partial charge < -0.3 is 5.11 Å². The van der Waals surface area contributed by atoms with E-state index in [0.29, 0.717) is 4.60 Å². The monoisotopic (exact) mass is 237 g/mol. The SMILES string of the molecule is OCc1c(Br)ncc2ccccc12. The van der Waals surface area contributed by atoms with Crippen molar-refractivity contribution in [3.63, 3.8) is 0 Å². The van der Waals surface area contributed by atoms with Gasteiger partial charge >= 0.3 is 0 Å². The van der Waals surface area contributed by atoms with Gasteiger partial charge in [-0.05, 0) is 21.3 Å². The minimum Gasteiger partial charge on any atom is -0.392 e. The molecule has 0 aliphatic rings. The predicted octanol–water partition coefficient (Wildman–Crippen LogP) is 2.49. The van der Waals surface area contributed by atoms with Crippen LogP contribution in [-0.2, 0) is 6.61 Å². The maximum atomic E-state index is 9.15. The lowest BCUT2D eigenvalue weighted by Crippen LogP contribution is -1.90. The second kappa shape index (κ2) is 3.44. The number of rotatable bonds is 1. The first kappa shape index (κ1) is 8.66. The molecule has 0 saturated carbocycles. The average Bonchev–Trinajstić information content (AvgIpc) is 2.18. The summed E-state index contributed by atoms with van der Waals surface area (Å²) in [6.07, 6.45) is 1.79. The maximum Gasteiger partial charge on any atom is 0.112 e. The van der Waals surface area contributed by atoms with Crippen molar-refractivity contribution in [2.24, 2.45) is 0 Å². The quantitative estimate of drug-likeness (QED) is 0.774. The first-order valence-corrected chi connectivity index (χ1v) is 4.75. The average molecular weight is 238 g/mol. The highest BCUT2D eigenvalue weighted by Gasteiger charge is 2.04. The first-order valence-electron chi connectivity index (χ1n) is 3.96. The van der Waals surface area contributed by atoms with E-state index in [-0.39, 0.29) is 6.61 Å². The van der Waals surface area contributed by atoms with Gasteiger partial charge in [-0.2, -0.15) is 0 Å². The Hall–Kier alpha value is -0.930. The largest absolute Gasteiger partial charge is 0.392 e. The zero-order valence-electron chi connectivity index (χ0n) is 6.87. The summed E-state index contributed by atoms with van der Waals surface area (Å²) in [5.74, 6) is 0. The highest BCUT2D eigenvalue weighted by atomic mass is 79.9. The molecular weight excluding hydrogens is 230 g/mol. The Balaban J connectivity index is 2.84. The number of pyridine rings is 1. The van der Waals surface area contributed by atoms with Crippen molar-refractivity contribution in [3.05, 3.63) is 40.6 Å². The van der Waals surface area contributed by atoms with E-state index in [1.54, 1.807) is 6.20 Å². The summed E-state index contributed by atoms with van der Waals surface area (Å²) in [7, 11) is 0. The molecule has 0 fully saturated rings. The van der Waals surface area contributed by atoms with Gasteiger partial charge in [0.05, 0.1) is 6.61 Å². The molecule has 0 radical (unpaired) electrons. The Bertz CT molecular complexity index is 442. The van der Waals surface area contributed by atoms with E-state index in [0.717, 1.165) is 16.3 Å². The minimum atomic E-state index is 0.00887. The van der Waals surface area contributed by atoms with Crippen molar-refractivity contribution in [2.45, 2.75) is 6.61 Å². The van der Waals surface area contributed by atoms with Crippen LogP contribution in [0.3, 0.4) is 0 Å². The van der Waals surface area contributed by atoms with E-state index in [4.69, 9.17) is 5.11 Å². The van der Waals surface area contributed by atoms with Gasteiger partial charge in [-0.25, -0.2) is 4.98 Å². The lowest BCUT2D eigenvalue weighted by molar-refractivity contribution is 0.282. The summed E-state index contributed by atoms with van der Waals surface area (Å²) in [6.45, 7) is 0.00887. The van der Waals surface area contributed by atoms with Gasteiger partial charge in [0.1, 0.15) is 4.60 Å². The fourth-order valence-electron chi connectivity index (χ4n) is 1.35. The number of nitrogens with zero attached hydrogens (tertiary/aromatic N) is 1. The molecule has 0 saturated heterocycles. The number of hydrogen-bond acceptors (Lipinski definition) is 2. The Kier molecular flexibility index (Phi) is 2.29. The third kappa shape index (κ3) is 1.45. The molecule has 66 valence electrons. The summed E-state index contributed by atoms with van der Waals surface area (Å²) in [6, 6.07) is 7.87. The van der Waals surface area contributed by atoms with Crippen LogP contribution < -0.4 is 0 Å². The molecule has 0 amide bonds. The highest BCUT2D eigenvalue weighted by molar-refractivity contribution is 9.10. The minimum absolute atomic E-state index is 0.00887. The van der Waals surface area contributed by atoms with Gasteiger partial charge in [-0.1, -0.05) is 24.3 Å². The molecule has 2 nitrogen and oxygen atoms in total. The molecule has 1 aromatic heterocycles. The summed E-state index contributed by atoms with van der Waals surface area (Å²) in [5, 5.41) is 11.2. The molecule has 0 unspecified atom stereocenters. The Morgan fingerprint density at radius 1 is 1.31 bits per heavy atom. The molecule has 3 heteroatoms. The zero-order valence-corrected chi connectivity index (χ0v) is 8.45. The number of benzene rings is 1. The Morgan fingerprint density at radius 2 is 2.08 bits per heavy atom. The molecule has 1 aromatic carbocycles. The van der Waals surface area contributed by atoms with Crippen LogP contribution >= 0.6 is 15.9 Å². The fraction of sp³-hybridized carbons (Fsp3) is 0.100. The molecular formula is C10H8BrNO. The Morgan fingerprint density at radius 3 is 2.85 bits per heavy atom. The van der Waals surface area contributed by atoms with Crippen molar-refractivity contribution in [3.8, 4) is 0 Å². The van der Waals surface area contributed by atoms with Crippen molar-refractivity contribution in [2.75, 3.05) is 0 Å². The summed E-state index contributed by atoms with van der Waals surface area (Å²) < 4.78 is 0.716. The van der Waals surface area contributed by atoms with Crippen molar-refractivity contribution in [1.82, 2.24) is 4.98 Å². The van der Waals surface area contributed by atoms with E-state index in [1.165, 1.54) is 0 Å². The van der Waals surface area contributed by atoms with Crippen LogP contribution in [0.4, 0.5) is 0 Å². The number of halogens is 1. The van der Waals surface area contributed by atoms with Crippen LogP contribution in [-0.4, -0.2) is 10.1 Å². The summed E-state index contributed by atoms with van der Waals surface area (Å²) in [5.41, 5.74) is 0.845. The fourth-order valence-corrected chi connectivity index (χ4v) is 1.79. The summed E-state index contributed by atoms with van der Waals surface area (Å²) in [4.78, 5) is 4.13. The third-order valence-corrected chi connectivity index (χ3v) is 2.69. The molecule has 0 spiro atoms. The molecule has 2 rings (SSSR count). The molecule has 0 aliphatic heterocycles. The smallest absolute Gasteiger partial charge is 0.112 e.